The fourth-order valence-corrected chi connectivity index (χ4v) is 4.86. The van der Waals surface area contributed by atoms with Crippen molar-refractivity contribution >= 4 is 11.3 Å². The Labute approximate surface area is 152 Å². The molecular formula is C22H22F2S. The summed E-state index contributed by atoms with van der Waals surface area (Å²) in [5, 5.41) is 0. The Bertz CT molecular complexity index is 784. The number of rotatable bonds is 4. The van der Waals surface area contributed by atoms with E-state index in [2.05, 4.69) is 27.7 Å². The Kier molecular flexibility index (Phi) is 5.05. The highest BCUT2D eigenvalue weighted by atomic mass is 32.1. The molecule has 0 unspecified atom stereocenters. The number of hydrogen-bond acceptors (Lipinski definition) is 1. The van der Waals surface area contributed by atoms with E-state index in [9.17, 15) is 8.78 Å². The van der Waals surface area contributed by atoms with Gasteiger partial charge in [0.1, 0.15) is 11.6 Å². The number of halogens is 2. The SMILES string of the molecule is CC(C)c1c(-c2ccc(F)cc2)sc(-c2ccc(F)cc2)c1C(C)C. The third kappa shape index (κ3) is 3.52. The second kappa shape index (κ2) is 7.09. The molecule has 1 heterocycles. The summed E-state index contributed by atoms with van der Waals surface area (Å²) in [5.74, 6) is 0.245. The van der Waals surface area contributed by atoms with Gasteiger partial charge in [0.15, 0.2) is 0 Å². The molecule has 130 valence electrons. The Morgan fingerprint density at radius 2 is 0.920 bits per heavy atom. The predicted molar refractivity (Wildman–Crippen MR) is 103 cm³/mol. The molecule has 2 aromatic carbocycles. The lowest BCUT2D eigenvalue weighted by molar-refractivity contribution is 0.627. The topological polar surface area (TPSA) is 0 Å². The molecular weight excluding hydrogens is 334 g/mol. The second-order valence-corrected chi connectivity index (χ2v) is 7.93. The van der Waals surface area contributed by atoms with Crippen LogP contribution in [0.5, 0.6) is 0 Å². The van der Waals surface area contributed by atoms with Crippen LogP contribution in [-0.2, 0) is 0 Å². The van der Waals surface area contributed by atoms with Gasteiger partial charge in [0.25, 0.3) is 0 Å². The summed E-state index contributed by atoms with van der Waals surface area (Å²) in [6, 6.07) is 13.4. The van der Waals surface area contributed by atoms with E-state index in [1.54, 1.807) is 11.3 Å². The van der Waals surface area contributed by atoms with Crippen molar-refractivity contribution < 1.29 is 8.78 Å². The van der Waals surface area contributed by atoms with Gasteiger partial charge in [-0.25, -0.2) is 8.78 Å². The predicted octanol–water partition coefficient (Wildman–Crippen LogP) is 7.61. The molecule has 1 aromatic heterocycles. The molecule has 0 aliphatic heterocycles. The van der Waals surface area contributed by atoms with Gasteiger partial charge in [-0.3, -0.25) is 0 Å². The van der Waals surface area contributed by atoms with Crippen LogP contribution < -0.4 is 0 Å². The summed E-state index contributed by atoms with van der Waals surface area (Å²) in [7, 11) is 0. The first kappa shape index (κ1) is 17.8. The van der Waals surface area contributed by atoms with Gasteiger partial charge in [0.05, 0.1) is 0 Å². The Balaban J connectivity index is 2.27. The minimum Gasteiger partial charge on any atom is -0.207 e. The van der Waals surface area contributed by atoms with Crippen LogP contribution in [0.4, 0.5) is 8.78 Å². The third-order valence-electron chi connectivity index (χ3n) is 4.35. The zero-order chi connectivity index (χ0) is 18.1. The summed E-state index contributed by atoms with van der Waals surface area (Å²) in [5.41, 5.74) is 4.69. The molecule has 0 aliphatic carbocycles. The normalized spacial score (nSPS) is 11.5. The van der Waals surface area contributed by atoms with E-state index in [-0.39, 0.29) is 11.6 Å². The lowest BCUT2D eigenvalue weighted by Gasteiger charge is -2.15. The maximum absolute atomic E-state index is 13.3. The Morgan fingerprint density at radius 3 is 1.20 bits per heavy atom. The van der Waals surface area contributed by atoms with Gasteiger partial charge in [-0.15, -0.1) is 11.3 Å². The van der Waals surface area contributed by atoms with Crippen molar-refractivity contribution in [3.8, 4) is 20.9 Å². The summed E-state index contributed by atoms with van der Waals surface area (Å²) in [6.07, 6.45) is 0. The molecule has 0 saturated carbocycles. The number of thiophene rings is 1. The lowest BCUT2D eigenvalue weighted by Crippen LogP contribution is -1.98. The van der Waals surface area contributed by atoms with Gasteiger partial charge in [-0.2, -0.15) is 0 Å². The summed E-state index contributed by atoms with van der Waals surface area (Å²) in [6.45, 7) is 8.76. The van der Waals surface area contributed by atoms with E-state index < -0.39 is 0 Å². The van der Waals surface area contributed by atoms with Crippen molar-refractivity contribution in [3.05, 3.63) is 71.3 Å². The van der Waals surface area contributed by atoms with Crippen molar-refractivity contribution in [1.29, 1.82) is 0 Å². The van der Waals surface area contributed by atoms with Crippen molar-refractivity contribution in [2.75, 3.05) is 0 Å². The molecule has 0 atom stereocenters. The van der Waals surface area contributed by atoms with E-state index in [1.807, 2.05) is 24.3 Å². The average Bonchev–Trinajstić information content (AvgIpc) is 2.97. The minimum absolute atomic E-state index is 0.228. The van der Waals surface area contributed by atoms with Crippen molar-refractivity contribution in [3.63, 3.8) is 0 Å². The van der Waals surface area contributed by atoms with Crippen LogP contribution in [0.1, 0.15) is 50.7 Å². The number of hydrogen-bond donors (Lipinski definition) is 0. The first-order chi connectivity index (χ1) is 11.9. The lowest BCUT2D eigenvalue weighted by atomic mass is 9.88. The highest BCUT2D eigenvalue weighted by Crippen LogP contribution is 2.48. The van der Waals surface area contributed by atoms with Crippen LogP contribution >= 0.6 is 11.3 Å². The van der Waals surface area contributed by atoms with E-state index >= 15 is 0 Å². The molecule has 0 fully saturated rings. The van der Waals surface area contributed by atoms with Crippen LogP contribution in [0, 0.1) is 11.6 Å². The zero-order valence-electron chi connectivity index (χ0n) is 14.9. The minimum atomic E-state index is -0.228. The van der Waals surface area contributed by atoms with Crippen molar-refractivity contribution in [1.82, 2.24) is 0 Å². The second-order valence-electron chi connectivity index (χ2n) is 6.91. The molecule has 0 spiro atoms. The molecule has 3 aromatic rings. The molecule has 0 aliphatic rings. The Hall–Kier alpha value is -2.00. The van der Waals surface area contributed by atoms with Gasteiger partial charge in [-0.1, -0.05) is 52.0 Å². The molecule has 3 rings (SSSR count). The Morgan fingerprint density at radius 1 is 0.600 bits per heavy atom. The maximum atomic E-state index is 13.3. The standard InChI is InChI=1S/C22H22F2S/c1-13(2)19-20(14(3)4)22(16-7-11-18(24)12-8-16)25-21(19)15-5-9-17(23)10-6-15/h5-14H,1-4H3. The van der Waals surface area contributed by atoms with Gasteiger partial charge >= 0.3 is 0 Å². The van der Waals surface area contributed by atoms with E-state index in [0.29, 0.717) is 11.8 Å². The highest BCUT2D eigenvalue weighted by Gasteiger charge is 2.24. The van der Waals surface area contributed by atoms with Crippen LogP contribution in [0.3, 0.4) is 0 Å². The van der Waals surface area contributed by atoms with Gasteiger partial charge < -0.3 is 0 Å². The van der Waals surface area contributed by atoms with Crippen LogP contribution in [0.15, 0.2) is 48.5 Å². The zero-order valence-corrected chi connectivity index (χ0v) is 15.8. The van der Waals surface area contributed by atoms with Gasteiger partial charge in [-0.05, 0) is 58.4 Å². The van der Waals surface area contributed by atoms with Crippen LogP contribution in [0.2, 0.25) is 0 Å². The molecule has 0 radical (unpaired) electrons. The monoisotopic (exact) mass is 356 g/mol. The van der Waals surface area contributed by atoms with Crippen LogP contribution in [0.25, 0.3) is 20.9 Å². The highest BCUT2D eigenvalue weighted by molar-refractivity contribution is 7.19. The smallest absolute Gasteiger partial charge is 0.123 e. The summed E-state index contributed by atoms with van der Waals surface area (Å²) < 4.78 is 26.7. The van der Waals surface area contributed by atoms with E-state index in [1.165, 1.54) is 45.1 Å². The van der Waals surface area contributed by atoms with Crippen molar-refractivity contribution in [2.45, 2.75) is 39.5 Å². The molecule has 0 amide bonds. The van der Waals surface area contributed by atoms with Gasteiger partial charge in [0.2, 0.25) is 0 Å². The summed E-state index contributed by atoms with van der Waals surface area (Å²) >= 11 is 1.72. The first-order valence-electron chi connectivity index (χ1n) is 8.57. The summed E-state index contributed by atoms with van der Waals surface area (Å²) in [4.78, 5) is 2.36. The van der Waals surface area contributed by atoms with E-state index in [0.717, 1.165) is 11.1 Å². The van der Waals surface area contributed by atoms with Crippen molar-refractivity contribution in [2.24, 2.45) is 0 Å². The molecule has 0 N–H and O–H groups in total. The quantitative estimate of drug-likeness (QED) is 0.451. The largest absolute Gasteiger partial charge is 0.207 e. The van der Waals surface area contributed by atoms with Gasteiger partial charge in [0, 0.05) is 9.75 Å². The third-order valence-corrected chi connectivity index (χ3v) is 5.67. The fourth-order valence-electron chi connectivity index (χ4n) is 3.23. The molecule has 0 nitrogen and oxygen atoms in total. The molecule has 0 bridgehead atoms. The molecule has 3 heteroatoms. The van der Waals surface area contributed by atoms with E-state index in [4.69, 9.17) is 0 Å². The van der Waals surface area contributed by atoms with Crippen LogP contribution in [-0.4, -0.2) is 0 Å². The maximum Gasteiger partial charge on any atom is 0.123 e. The number of benzene rings is 2. The molecule has 0 saturated heterocycles. The molecule has 25 heavy (non-hydrogen) atoms. The average molecular weight is 356 g/mol. The first-order valence-corrected chi connectivity index (χ1v) is 9.38. The fraction of sp³-hybridized carbons (Fsp3) is 0.273.